The number of nitrogens with one attached hydrogen (secondary N) is 1. The van der Waals surface area contributed by atoms with Crippen molar-refractivity contribution in [1.82, 2.24) is 0 Å². The highest BCUT2D eigenvalue weighted by molar-refractivity contribution is 9.10. The van der Waals surface area contributed by atoms with Crippen LogP contribution in [0.3, 0.4) is 0 Å². The summed E-state index contributed by atoms with van der Waals surface area (Å²) in [7, 11) is 0. The second-order valence-electron chi connectivity index (χ2n) is 6.82. The average Bonchev–Trinajstić information content (AvgIpc) is 2.77. The van der Waals surface area contributed by atoms with Crippen molar-refractivity contribution < 1.29 is 23.9 Å². The van der Waals surface area contributed by atoms with E-state index in [1.165, 1.54) is 24.3 Å². The van der Waals surface area contributed by atoms with Crippen LogP contribution in [-0.4, -0.2) is 30.0 Å². The molecule has 3 N–H and O–H groups in total. The Bertz CT molecular complexity index is 1270. The maximum Gasteiger partial charge on any atom is 0.340 e. The molecule has 0 radical (unpaired) electrons. The molecule has 1 aliphatic rings. The van der Waals surface area contributed by atoms with Crippen LogP contribution in [0.25, 0.3) is 0 Å². The lowest BCUT2D eigenvalue weighted by Crippen LogP contribution is -2.23. The number of fused-ring (bicyclic) bond motifs is 2. The molecule has 0 atom stereocenters. The third-order valence-electron chi connectivity index (χ3n) is 4.78. The number of esters is 1. The maximum absolute atomic E-state index is 12.8. The molecule has 3 aromatic carbocycles. The fraction of sp³-hybridized carbons (Fsp3) is 0.0435. The number of nitrogens with two attached hydrogens (primary N) is 1. The first-order valence-corrected chi connectivity index (χ1v) is 9.99. The number of amides is 1. The summed E-state index contributed by atoms with van der Waals surface area (Å²) in [5.41, 5.74) is 7.60. The number of carbonyl (C=O) groups excluding carboxylic acids is 4. The summed E-state index contributed by atoms with van der Waals surface area (Å²) in [6.45, 7) is -0.544. The van der Waals surface area contributed by atoms with Crippen LogP contribution in [0.5, 0.6) is 0 Å². The third kappa shape index (κ3) is 3.97. The number of hydrogen-bond donors (Lipinski definition) is 2. The summed E-state index contributed by atoms with van der Waals surface area (Å²) in [5, 5.41) is 2.56. The smallest absolute Gasteiger partial charge is 0.340 e. The molecule has 0 saturated heterocycles. The van der Waals surface area contributed by atoms with Gasteiger partial charge in [0.2, 0.25) is 0 Å². The summed E-state index contributed by atoms with van der Waals surface area (Å²) in [5.74, 6) is -1.88. The molecule has 1 aliphatic carbocycles. The zero-order valence-electron chi connectivity index (χ0n) is 16.0. The number of nitrogen functional groups attached to an aromatic ring is 1. The summed E-state index contributed by atoms with van der Waals surface area (Å²) in [4.78, 5) is 49.8. The van der Waals surface area contributed by atoms with Gasteiger partial charge in [-0.15, -0.1) is 0 Å². The maximum atomic E-state index is 12.8. The first-order chi connectivity index (χ1) is 14.8. The van der Waals surface area contributed by atoms with E-state index in [0.717, 1.165) is 0 Å². The highest BCUT2D eigenvalue weighted by atomic mass is 79.9. The van der Waals surface area contributed by atoms with E-state index in [0.29, 0.717) is 21.3 Å². The lowest BCUT2D eigenvalue weighted by molar-refractivity contribution is -0.119. The van der Waals surface area contributed by atoms with Gasteiger partial charge in [-0.2, -0.15) is 0 Å². The molecule has 7 nitrogen and oxygen atoms in total. The van der Waals surface area contributed by atoms with Gasteiger partial charge in [0.05, 0.1) is 5.56 Å². The number of ether oxygens (including phenoxy) is 1. The van der Waals surface area contributed by atoms with Crippen molar-refractivity contribution in [3.05, 3.63) is 93.0 Å². The highest BCUT2D eigenvalue weighted by Crippen LogP contribution is 2.29. The molecule has 0 aliphatic heterocycles. The van der Waals surface area contributed by atoms with E-state index < -0.39 is 18.5 Å². The molecule has 0 fully saturated rings. The molecule has 0 spiro atoms. The quantitative estimate of drug-likeness (QED) is 0.342. The highest BCUT2D eigenvalue weighted by Gasteiger charge is 2.29. The van der Waals surface area contributed by atoms with Crippen molar-refractivity contribution in [3.63, 3.8) is 0 Å². The van der Waals surface area contributed by atoms with Crippen LogP contribution in [0.15, 0.2) is 65.1 Å². The van der Waals surface area contributed by atoms with Crippen LogP contribution in [0.4, 0.5) is 11.4 Å². The van der Waals surface area contributed by atoms with E-state index in [1.807, 2.05) is 0 Å². The van der Waals surface area contributed by atoms with Gasteiger partial charge in [0.25, 0.3) is 5.91 Å². The molecule has 0 heterocycles. The van der Waals surface area contributed by atoms with E-state index in [4.69, 9.17) is 10.5 Å². The molecular weight excluding hydrogens is 464 g/mol. The van der Waals surface area contributed by atoms with Gasteiger partial charge in [-0.1, -0.05) is 40.2 Å². The van der Waals surface area contributed by atoms with E-state index >= 15 is 0 Å². The van der Waals surface area contributed by atoms with E-state index in [9.17, 15) is 19.2 Å². The summed E-state index contributed by atoms with van der Waals surface area (Å²) < 4.78 is 5.67. The lowest BCUT2D eigenvalue weighted by Gasteiger charge is -2.18. The minimum absolute atomic E-state index is 0.138. The Kier molecular flexibility index (Phi) is 5.39. The second kappa shape index (κ2) is 8.16. The van der Waals surface area contributed by atoms with Gasteiger partial charge in [0.15, 0.2) is 18.2 Å². The van der Waals surface area contributed by atoms with Crippen LogP contribution in [0.2, 0.25) is 0 Å². The number of rotatable bonds is 4. The number of halogens is 1. The normalized spacial score (nSPS) is 12.0. The standard InChI is InChI=1S/C23H15BrN2O5/c24-12-5-8-19(25)18(9-12)23(30)31-11-20(27)26-13-6-7-16-17(10-13)22(29)15-4-2-1-3-14(15)21(16)28/h1-10H,11,25H2,(H,26,27). The molecule has 0 bridgehead atoms. The molecule has 0 aromatic heterocycles. The minimum atomic E-state index is -0.739. The molecule has 1 amide bonds. The fourth-order valence-electron chi connectivity index (χ4n) is 3.29. The van der Waals surface area contributed by atoms with Crippen LogP contribution < -0.4 is 11.1 Å². The van der Waals surface area contributed by atoms with Crippen LogP contribution in [-0.2, 0) is 9.53 Å². The second-order valence-corrected chi connectivity index (χ2v) is 7.74. The van der Waals surface area contributed by atoms with Gasteiger partial charge in [0.1, 0.15) is 0 Å². The zero-order chi connectivity index (χ0) is 22.1. The Hall–Kier alpha value is -3.78. The molecule has 3 aromatic rings. The largest absolute Gasteiger partial charge is 0.452 e. The zero-order valence-corrected chi connectivity index (χ0v) is 17.6. The molecule has 8 heteroatoms. The lowest BCUT2D eigenvalue weighted by atomic mass is 9.84. The van der Waals surface area contributed by atoms with Crippen molar-refractivity contribution in [3.8, 4) is 0 Å². The van der Waals surface area contributed by atoms with Gasteiger partial charge >= 0.3 is 5.97 Å². The molecular formula is C23H15BrN2O5. The molecule has 154 valence electrons. The Labute approximate surface area is 185 Å². The van der Waals surface area contributed by atoms with Gasteiger partial charge in [-0.25, -0.2) is 4.79 Å². The van der Waals surface area contributed by atoms with E-state index in [1.54, 1.807) is 36.4 Å². The molecule has 0 saturated carbocycles. The number of hydrogen-bond acceptors (Lipinski definition) is 6. The Morgan fingerprint density at radius 2 is 1.52 bits per heavy atom. The van der Waals surface area contributed by atoms with E-state index in [-0.39, 0.29) is 33.9 Å². The molecule has 4 rings (SSSR count). The van der Waals surface area contributed by atoms with Crippen LogP contribution in [0, 0.1) is 0 Å². The number of ketones is 2. The number of carbonyl (C=O) groups is 4. The first kappa shape index (κ1) is 20.5. The average molecular weight is 479 g/mol. The third-order valence-corrected chi connectivity index (χ3v) is 5.27. The Balaban J connectivity index is 1.46. The first-order valence-electron chi connectivity index (χ1n) is 9.19. The topological polar surface area (TPSA) is 116 Å². The summed E-state index contributed by atoms with van der Waals surface area (Å²) in [6.07, 6.45) is 0. The van der Waals surface area contributed by atoms with Gasteiger partial charge in [-0.3, -0.25) is 14.4 Å². The molecule has 31 heavy (non-hydrogen) atoms. The van der Waals surface area contributed by atoms with Crippen molar-refractivity contribution in [2.75, 3.05) is 17.7 Å². The van der Waals surface area contributed by atoms with Crippen molar-refractivity contribution in [2.45, 2.75) is 0 Å². The van der Waals surface area contributed by atoms with Crippen molar-refractivity contribution >= 4 is 50.7 Å². The summed E-state index contributed by atoms with van der Waals surface area (Å²) in [6, 6.07) is 15.8. The predicted molar refractivity (Wildman–Crippen MR) is 117 cm³/mol. The van der Waals surface area contributed by atoms with Crippen LogP contribution >= 0.6 is 15.9 Å². The van der Waals surface area contributed by atoms with Gasteiger partial charge in [-0.05, 0) is 36.4 Å². The van der Waals surface area contributed by atoms with Crippen LogP contribution in [0.1, 0.15) is 42.2 Å². The SMILES string of the molecule is Nc1ccc(Br)cc1C(=O)OCC(=O)Nc1ccc2c(c1)C(=O)c1ccccc1C2=O. The van der Waals surface area contributed by atoms with Crippen molar-refractivity contribution in [2.24, 2.45) is 0 Å². The van der Waals surface area contributed by atoms with E-state index in [2.05, 4.69) is 21.2 Å². The van der Waals surface area contributed by atoms with Gasteiger partial charge in [0, 0.05) is 38.1 Å². The number of benzene rings is 3. The number of anilines is 2. The Morgan fingerprint density at radius 3 is 2.23 bits per heavy atom. The minimum Gasteiger partial charge on any atom is -0.452 e. The summed E-state index contributed by atoms with van der Waals surface area (Å²) >= 11 is 3.24. The van der Waals surface area contributed by atoms with Crippen molar-refractivity contribution in [1.29, 1.82) is 0 Å². The Morgan fingerprint density at radius 1 is 0.871 bits per heavy atom. The predicted octanol–water partition coefficient (Wildman–Crippen LogP) is 3.60. The monoisotopic (exact) mass is 478 g/mol. The fourth-order valence-corrected chi connectivity index (χ4v) is 3.65. The molecule has 0 unspecified atom stereocenters. The van der Waals surface area contributed by atoms with Gasteiger partial charge < -0.3 is 15.8 Å².